The van der Waals surface area contributed by atoms with Crippen molar-refractivity contribution in [1.29, 1.82) is 0 Å². The van der Waals surface area contributed by atoms with Crippen LogP contribution in [0.5, 0.6) is 11.5 Å². The lowest BCUT2D eigenvalue weighted by Crippen LogP contribution is -1.99. The molecule has 0 spiro atoms. The highest BCUT2D eigenvalue weighted by Gasteiger charge is 2.24. The van der Waals surface area contributed by atoms with Gasteiger partial charge in [-0.25, -0.2) is 0 Å². The summed E-state index contributed by atoms with van der Waals surface area (Å²) in [5.74, 6) is -1.08. The molecule has 0 saturated heterocycles. The molecule has 0 aromatic heterocycles. The standard InChI is InChI=1S/C32H20Br4N6O8S2/c33-21-6-14(7-22(34)27(21)39-41-29-26(52(48,49)50)11-16-5-17(37)3-4-19(16)31(29)43)15-8-23(35)28(24(36)9-15)40-42-30-25(51(45,46)47)10-13-1-2-18(38)12-20(13)32(30)44/h1-12,43-44H,37-38H2,(H,45,46,47)(H,48,49,50)/b41-39+,42-40+. The van der Waals surface area contributed by atoms with Crippen LogP contribution in [0, 0.1) is 0 Å². The van der Waals surface area contributed by atoms with E-state index in [0.29, 0.717) is 45.8 Å². The van der Waals surface area contributed by atoms with E-state index in [2.05, 4.69) is 84.2 Å². The topological polar surface area (TPSA) is 251 Å². The van der Waals surface area contributed by atoms with Crippen molar-refractivity contribution in [3.05, 3.63) is 90.7 Å². The first-order valence-corrected chi connectivity index (χ1v) is 20.3. The van der Waals surface area contributed by atoms with Gasteiger partial charge in [-0.2, -0.15) is 16.8 Å². The highest BCUT2D eigenvalue weighted by molar-refractivity contribution is 9.11. The van der Waals surface area contributed by atoms with Gasteiger partial charge in [-0.05, 0) is 152 Å². The molecule has 20 heteroatoms. The van der Waals surface area contributed by atoms with Crippen molar-refractivity contribution in [1.82, 2.24) is 0 Å². The average molecular weight is 1000 g/mol. The summed E-state index contributed by atoms with van der Waals surface area (Å²) >= 11 is 13.8. The van der Waals surface area contributed by atoms with Gasteiger partial charge in [0, 0.05) is 40.0 Å². The number of nitrogens with zero attached hydrogens (tertiary/aromatic N) is 4. The number of hydrogen-bond acceptors (Lipinski definition) is 12. The summed E-state index contributed by atoms with van der Waals surface area (Å²) < 4.78 is 70.3. The van der Waals surface area contributed by atoms with E-state index in [4.69, 9.17) is 11.5 Å². The number of phenolic OH excluding ortho intramolecular Hbond substituents is 2. The van der Waals surface area contributed by atoms with Crippen molar-refractivity contribution < 1.29 is 36.2 Å². The number of azo groups is 2. The Hall–Kier alpha value is -4.02. The van der Waals surface area contributed by atoms with Gasteiger partial charge in [-0.1, -0.05) is 6.07 Å². The van der Waals surface area contributed by atoms with Gasteiger partial charge in [-0.3, -0.25) is 9.11 Å². The van der Waals surface area contributed by atoms with E-state index in [0.717, 1.165) is 12.1 Å². The van der Waals surface area contributed by atoms with Crippen molar-refractivity contribution >= 4 is 140 Å². The highest BCUT2D eigenvalue weighted by atomic mass is 79.9. The lowest BCUT2D eigenvalue weighted by atomic mass is 10.1. The largest absolute Gasteiger partial charge is 0.505 e. The Balaban J connectivity index is 1.37. The molecule has 8 N–H and O–H groups in total. The van der Waals surface area contributed by atoms with Crippen LogP contribution in [0.4, 0.5) is 34.1 Å². The van der Waals surface area contributed by atoms with E-state index in [1.807, 2.05) is 0 Å². The normalized spacial score (nSPS) is 12.5. The molecule has 0 aliphatic carbocycles. The van der Waals surface area contributed by atoms with Crippen LogP contribution < -0.4 is 11.5 Å². The van der Waals surface area contributed by atoms with E-state index in [-0.39, 0.29) is 27.5 Å². The molecule has 6 aromatic rings. The summed E-state index contributed by atoms with van der Waals surface area (Å²) in [7, 11) is -9.66. The molecule has 0 radical (unpaired) electrons. The molecule has 0 bridgehead atoms. The Labute approximate surface area is 328 Å². The van der Waals surface area contributed by atoms with E-state index < -0.39 is 52.9 Å². The number of phenols is 2. The molecule has 0 atom stereocenters. The van der Waals surface area contributed by atoms with Gasteiger partial charge in [0.1, 0.15) is 32.5 Å². The first-order valence-electron chi connectivity index (χ1n) is 14.2. The third-order valence-electron chi connectivity index (χ3n) is 7.57. The minimum atomic E-state index is -4.84. The Morgan fingerprint density at radius 2 is 0.865 bits per heavy atom. The predicted molar refractivity (Wildman–Crippen MR) is 211 cm³/mol. The Morgan fingerprint density at radius 3 is 1.33 bits per heavy atom. The van der Waals surface area contributed by atoms with E-state index in [9.17, 15) is 36.2 Å². The number of benzene rings is 6. The fraction of sp³-hybridized carbons (Fsp3) is 0. The maximum absolute atomic E-state index is 12.2. The molecular formula is C32H20Br4N6O8S2. The number of aromatic hydroxyl groups is 2. The van der Waals surface area contributed by atoms with Crippen LogP contribution >= 0.6 is 63.7 Å². The van der Waals surface area contributed by atoms with Crippen molar-refractivity contribution in [3.8, 4) is 22.6 Å². The number of nitrogens with two attached hydrogens (primary N) is 2. The summed E-state index contributed by atoms with van der Waals surface area (Å²) in [6, 6.07) is 17.9. The number of nitrogen functional groups attached to an aromatic ring is 2. The summed E-state index contributed by atoms with van der Waals surface area (Å²) in [4.78, 5) is -1.32. The van der Waals surface area contributed by atoms with E-state index >= 15 is 0 Å². The van der Waals surface area contributed by atoms with Crippen LogP contribution in [-0.2, 0) is 20.2 Å². The lowest BCUT2D eigenvalue weighted by Gasteiger charge is -2.11. The summed E-state index contributed by atoms with van der Waals surface area (Å²) in [6.45, 7) is 0. The van der Waals surface area contributed by atoms with Gasteiger partial charge in [0.15, 0.2) is 11.5 Å². The van der Waals surface area contributed by atoms with E-state index in [1.54, 1.807) is 24.3 Å². The maximum Gasteiger partial charge on any atom is 0.296 e. The SMILES string of the molecule is Nc1ccc2c(O)c(/N=N/c3c(Br)cc(-c4cc(Br)c(/N=N/c5c(S(=O)(=O)O)cc6ccc(N)cc6c5O)c(Br)c4)cc3Br)c(S(=O)(=O)O)cc2c1. The third kappa shape index (κ3) is 7.42. The third-order valence-corrected chi connectivity index (χ3v) is 11.7. The predicted octanol–water partition coefficient (Wildman–Crippen LogP) is 10.6. The monoisotopic (exact) mass is 996 g/mol. The van der Waals surface area contributed by atoms with Crippen LogP contribution in [0.1, 0.15) is 0 Å². The number of hydrogen-bond donors (Lipinski definition) is 6. The maximum atomic E-state index is 12.2. The van der Waals surface area contributed by atoms with Gasteiger partial charge >= 0.3 is 0 Å². The van der Waals surface area contributed by atoms with Crippen molar-refractivity contribution in [2.75, 3.05) is 11.5 Å². The molecule has 6 rings (SSSR count). The minimum Gasteiger partial charge on any atom is -0.505 e. The number of halogens is 4. The zero-order valence-corrected chi connectivity index (χ0v) is 33.6. The Kier molecular flexibility index (Phi) is 10.2. The summed E-state index contributed by atoms with van der Waals surface area (Å²) in [6.07, 6.45) is 0. The fourth-order valence-electron chi connectivity index (χ4n) is 5.17. The molecule has 0 unspecified atom stereocenters. The molecule has 0 fully saturated rings. The molecule has 0 amide bonds. The molecule has 266 valence electrons. The average Bonchev–Trinajstić information content (AvgIpc) is 3.04. The van der Waals surface area contributed by atoms with Gasteiger partial charge in [0.2, 0.25) is 0 Å². The van der Waals surface area contributed by atoms with Gasteiger partial charge < -0.3 is 21.7 Å². The molecule has 0 aliphatic heterocycles. The van der Waals surface area contributed by atoms with Gasteiger partial charge in [0.05, 0.1) is 0 Å². The number of anilines is 2. The van der Waals surface area contributed by atoms with Crippen LogP contribution in [0.25, 0.3) is 32.7 Å². The smallest absolute Gasteiger partial charge is 0.296 e. The van der Waals surface area contributed by atoms with Crippen molar-refractivity contribution in [3.63, 3.8) is 0 Å². The first kappa shape index (κ1) is 37.7. The van der Waals surface area contributed by atoms with Crippen molar-refractivity contribution in [2.24, 2.45) is 20.5 Å². The lowest BCUT2D eigenvalue weighted by molar-refractivity contribution is 0.471. The number of fused-ring (bicyclic) bond motifs is 2. The van der Waals surface area contributed by atoms with Crippen molar-refractivity contribution in [2.45, 2.75) is 9.79 Å². The second-order valence-electron chi connectivity index (χ2n) is 11.0. The molecule has 0 saturated carbocycles. The highest BCUT2D eigenvalue weighted by Crippen LogP contribution is 2.47. The minimum absolute atomic E-state index is 0.201. The van der Waals surface area contributed by atoms with Gasteiger partial charge in [-0.15, -0.1) is 20.5 Å². The summed E-state index contributed by atoms with van der Waals surface area (Å²) in [5, 5.41) is 39.2. The quantitative estimate of drug-likeness (QED) is 0.0501. The Morgan fingerprint density at radius 1 is 0.481 bits per heavy atom. The molecule has 6 aromatic carbocycles. The zero-order chi connectivity index (χ0) is 37.9. The first-order chi connectivity index (χ1) is 24.3. The number of rotatable bonds is 7. The molecule has 52 heavy (non-hydrogen) atoms. The van der Waals surface area contributed by atoms with Crippen LogP contribution in [0.3, 0.4) is 0 Å². The van der Waals surface area contributed by atoms with Crippen LogP contribution in [-0.4, -0.2) is 36.2 Å². The van der Waals surface area contributed by atoms with Gasteiger partial charge in [0.25, 0.3) is 20.2 Å². The van der Waals surface area contributed by atoms with Crippen LogP contribution in [0.2, 0.25) is 0 Å². The Bertz CT molecular complexity index is 2760. The molecule has 0 heterocycles. The van der Waals surface area contributed by atoms with Crippen LogP contribution in [0.15, 0.2) is 121 Å². The molecular weight excluding hydrogens is 980 g/mol. The second-order valence-corrected chi connectivity index (χ2v) is 17.2. The zero-order valence-electron chi connectivity index (χ0n) is 25.6. The fourth-order valence-corrected chi connectivity index (χ4v) is 9.18. The molecule has 14 nitrogen and oxygen atoms in total. The second kappa shape index (κ2) is 14.1. The van der Waals surface area contributed by atoms with E-state index in [1.165, 1.54) is 36.4 Å². The molecule has 0 aliphatic rings. The summed E-state index contributed by atoms with van der Waals surface area (Å²) in [5.41, 5.74) is 13.0.